The van der Waals surface area contributed by atoms with Crippen molar-refractivity contribution in [3.8, 4) is 0 Å². The van der Waals surface area contributed by atoms with Crippen LogP contribution in [0.4, 0.5) is 0 Å². The zero-order valence-electron chi connectivity index (χ0n) is 14.6. The van der Waals surface area contributed by atoms with Gasteiger partial charge in [0, 0.05) is 67.6 Å². The van der Waals surface area contributed by atoms with Crippen LogP contribution in [-0.2, 0) is 16.6 Å². The van der Waals surface area contributed by atoms with Crippen LogP contribution >= 0.6 is 11.8 Å². The summed E-state index contributed by atoms with van der Waals surface area (Å²) in [7, 11) is 3.92. The third kappa shape index (κ3) is 2.92. The van der Waals surface area contributed by atoms with Crippen molar-refractivity contribution in [1.82, 2.24) is 14.4 Å². The standard InChI is InChI=1S/C19H23N3O2S/c1-20-11-17(14-5-3-4-6-16(14)20)25-12-19(24)22-8-7-15-13(10-22)9-18(23)21(15)2/h3-6,11,13,15H,7-10,12H2,1-2H3/t13-,15+/m1/s1. The van der Waals surface area contributed by atoms with Crippen LogP contribution in [0.3, 0.4) is 0 Å². The Hall–Kier alpha value is -1.95. The van der Waals surface area contributed by atoms with Crippen molar-refractivity contribution < 1.29 is 9.59 Å². The van der Waals surface area contributed by atoms with Crippen LogP contribution < -0.4 is 0 Å². The number of carbonyl (C=O) groups is 2. The van der Waals surface area contributed by atoms with Crippen molar-refractivity contribution in [2.75, 3.05) is 25.9 Å². The second-order valence-electron chi connectivity index (χ2n) is 7.07. The summed E-state index contributed by atoms with van der Waals surface area (Å²) in [5.74, 6) is 1.15. The van der Waals surface area contributed by atoms with E-state index in [1.165, 1.54) is 10.9 Å². The monoisotopic (exact) mass is 357 g/mol. The lowest BCUT2D eigenvalue weighted by Gasteiger charge is -2.36. The second kappa shape index (κ2) is 6.41. The molecule has 2 saturated heterocycles. The molecule has 5 nitrogen and oxygen atoms in total. The van der Waals surface area contributed by atoms with Gasteiger partial charge in [0.1, 0.15) is 0 Å². The van der Waals surface area contributed by atoms with Crippen LogP contribution in [0.2, 0.25) is 0 Å². The molecule has 0 aliphatic carbocycles. The van der Waals surface area contributed by atoms with E-state index < -0.39 is 0 Å². The molecule has 2 aliphatic rings. The molecule has 25 heavy (non-hydrogen) atoms. The second-order valence-corrected chi connectivity index (χ2v) is 8.09. The molecule has 4 rings (SSSR count). The van der Waals surface area contributed by atoms with Gasteiger partial charge in [0.05, 0.1) is 5.75 Å². The highest BCUT2D eigenvalue weighted by molar-refractivity contribution is 8.00. The quantitative estimate of drug-likeness (QED) is 0.792. The van der Waals surface area contributed by atoms with Crippen molar-refractivity contribution in [2.45, 2.75) is 23.8 Å². The number of thioether (sulfide) groups is 1. The van der Waals surface area contributed by atoms with Crippen molar-refractivity contribution >= 4 is 34.5 Å². The van der Waals surface area contributed by atoms with E-state index in [2.05, 4.69) is 22.9 Å². The number of hydrogen-bond donors (Lipinski definition) is 0. The van der Waals surface area contributed by atoms with Crippen molar-refractivity contribution in [1.29, 1.82) is 0 Å². The molecule has 2 atom stereocenters. The predicted octanol–water partition coefficient (Wildman–Crippen LogP) is 2.35. The average Bonchev–Trinajstić information content (AvgIpc) is 3.10. The summed E-state index contributed by atoms with van der Waals surface area (Å²) in [4.78, 5) is 29.5. The Bertz CT molecular complexity index is 831. The van der Waals surface area contributed by atoms with Gasteiger partial charge in [0.25, 0.3) is 0 Å². The van der Waals surface area contributed by atoms with Gasteiger partial charge in [0.2, 0.25) is 11.8 Å². The van der Waals surface area contributed by atoms with Gasteiger partial charge in [-0.25, -0.2) is 0 Å². The Morgan fingerprint density at radius 1 is 1.28 bits per heavy atom. The Balaban J connectivity index is 1.40. The molecule has 1 aromatic heterocycles. The van der Waals surface area contributed by atoms with E-state index in [0.29, 0.717) is 24.1 Å². The van der Waals surface area contributed by atoms with Crippen LogP contribution in [0.25, 0.3) is 10.9 Å². The van der Waals surface area contributed by atoms with E-state index in [4.69, 9.17) is 0 Å². The number of aryl methyl sites for hydroxylation is 1. The van der Waals surface area contributed by atoms with Gasteiger partial charge in [-0.3, -0.25) is 9.59 Å². The number of nitrogens with zero attached hydrogens (tertiary/aromatic N) is 3. The van der Waals surface area contributed by atoms with E-state index in [1.807, 2.05) is 36.0 Å². The lowest BCUT2D eigenvalue weighted by atomic mass is 9.93. The fourth-order valence-electron chi connectivity index (χ4n) is 4.16. The first-order chi connectivity index (χ1) is 12.0. The summed E-state index contributed by atoms with van der Waals surface area (Å²) in [5, 5.41) is 1.20. The van der Waals surface area contributed by atoms with E-state index in [9.17, 15) is 9.59 Å². The number of para-hydroxylation sites is 1. The molecule has 2 aliphatic heterocycles. The maximum absolute atomic E-state index is 12.7. The molecule has 0 spiro atoms. The van der Waals surface area contributed by atoms with Crippen LogP contribution in [0, 0.1) is 5.92 Å². The van der Waals surface area contributed by atoms with Gasteiger partial charge in [0.15, 0.2) is 0 Å². The van der Waals surface area contributed by atoms with Crippen LogP contribution in [0.1, 0.15) is 12.8 Å². The van der Waals surface area contributed by atoms with Crippen LogP contribution in [0.5, 0.6) is 0 Å². The number of rotatable bonds is 3. The van der Waals surface area contributed by atoms with Gasteiger partial charge in [-0.15, -0.1) is 11.8 Å². The minimum Gasteiger partial charge on any atom is -0.349 e. The number of amides is 2. The molecule has 6 heteroatoms. The van der Waals surface area contributed by atoms with Crippen molar-refractivity contribution in [2.24, 2.45) is 13.0 Å². The predicted molar refractivity (Wildman–Crippen MR) is 99.5 cm³/mol. The van der Waals surface area contributed by atoms with Gasteiger partial charge >= 0.3 is 0 Å². The van der Waals surface area contributed by atoms with Crippen LogP contribution in [0.15, 0.2) is 35.4 Å². The molecule has 0 N–H and O–H groups in total. The fourth-order valence-corrected chi connectivity index (χ4v) is 5.18. The van der Waals surface area contributed by atoms with E-state index in [-0.39, 0.29) is 11.8 Å². The molecule has 0 unspecified atom stereocenters. The van der Waals surface area contributed by atoms with Gasteiger partial charge in [-0.2, -0.15) is 0 Å². The highest BCUT2D eigenvalue weighted by atomic mass is 32.2. The Morgan fingerprint density at radius 3 is 2.92 bits per heavy atom. The number of benzene rings is 1. The maximum atomic E-state index is 12.7. The van der Waals surface area contributed by atoms with Gasteiger partial charge in [-0.1, -0.05) is 18.2 Å². The largest absolute Gasteiger partial charge is 0.349 e. The smallest absolute Gasteiger partial charge is 0.232 e. The molecule has 132 valence electrons. The summed E-state index contributed by atoms with van der Waals surface area (Å²) >= 11 is 1.61. The maximum Gasteiger partial charge on any atom is 0.232 e. The minimum absolute atomic E-state index is 0.179. The van der Waals surface area contributed by atoms with E-state index in [0.717, 1.165) is 24.4 Å². The van der Waals surface area contributed by atoms with E-state index in [1.54, 1.807) is 11.8 Å². The zero-order chi connectivity index (χ0) is 17.6. The third-order valence-corrected chi connectivity index (χ3v) is 6.61. The summed E-state index contributed by atoms with van der Waals surface area (Å²) < 4.78 is 2.10. The van der Waals surface area contributed by atoms with Crippen molar-refractivity contribution in [3.63, 3.8) is 0 Å². The van der Waals surface area contributed by atoms with E-state index >= 15 is 0 Å². The lowest BCUT2D eigenvalue weighted by Crippen LogP contribution is -2.48. The Labute approximate surface area is 152 Å². The van der Waals surface area contributed by atoms with Gasteiger partial charge < -0.3 is 14.4 Å². The molecule has 0 bridgehead atoms. The molecular weight excluding hydrogens is 334 g/mol. The number of likely N-dealkylation sites (tertiary alicyclic amines) is 2. The molecule has 0 radical (unpaired) electrons. The van der Waals surface area contributed by atoms with Crippen LogP contribution in [-0.4, -0.2) is 58.1 Å². The number of piperidine rings is 1. The molecule has 2 aromatic rings. The lowest BCUT2D eigenvalue weighted by molar-refractivity contribution is -0.130. The first-order valence-corrected chi connectivity index (χ1v) is 9.73. The summed E-state index contributed by atoms with van der Waals surface area (Å²) in [6.45, 7) is 1.48. The van der Waals surface area contributed by atoms with Gasteiger partial charge in [-0.05, 0) is 12.5 Å². The molecule has 2 amide bonds. The Kier molecular flexibility index (Phi) is 4.23. The fraction of sp³-hybridized carbons (Fsp3) is 0.474. The van der Waals surface area contributed by atoms with Crippen molar-refractivity contribution in [3.05, 3.63) is 30.5 Å². The minimum atomic E-state index is 0.179. The Morgan fingerprint density at radius 2 is 2.08 bits per heavy atom. The third-order valence-electron chi connectivity index (χ3n) is 5.59. The molecule has 1 aromatic carbocycles. The zero-order valence-corrected chi connectivity index (χ0v) is 15.5. The first-order valence-electron chi connectivity index (χ1n) is 8.75. The SMILES string of the molecule is CN1C(=O)C[C@@H]2CN(C(=O)CSc3cn(C)c4ccccc34)CC[C@@H]21. The number of aromatic nitrogens is 1. The molecule has 3 heterocycles. The summed E-state index contributed by atoms with van der Waals surface area (Å²) in [6, 6.07) is 8.59. The first kappa shape index (κ1) is 16.5. The molecule has 0 saturated carbocycles. The number of carbonyl (C=O) groups excluding carboxylic acids is 2. The summed E-state index contributed by atoms with van der Waals surface area (Å²) in [5.41, 5.74) is 1.19. The number of hydrogen-bond acceptors (Lipinski definition) is 3. The highest BCUT2D eigenvalue weighted by Gasteiger charge is 2.41. The molecule has 2 fully saturated rings. The molecular formula is C19H23N3O2S. The summed E-state index contributed by atoms with van der Waals surface area (Å²) in [6.07, 6.45) is 3.58. The number of fused-ring (bicyclic) bond motifs is 2. The highest BCUT2D eigenvalue weighted by Crippen LogP contribution is 2.33. The topological polar surface area (TPSA) is 45.6 Å². The average molecular weight is 357 g/mol. The normalized spacial score (nSPS) is 23.4.